The van der Waals surface area contributed by atoms with Gasteiger partial charge in [0.15, 0.2) is 5.16 Å². The lowest BCUT2D eigenvalue weighted by Gasteiger charge is -2.37. The molecule has 0 radical (unpaired) electrons. The molecule has 0 spiro atoms. The minimum atomic E-state index is -0.188. The Kier molecular flexibility index (Phi) is 8.44. The van der Waals surface area contributed by atoms with Gasteiger partial charge in [-0.2, -0.15) is 0 Å². The summed E-state index contributed by atoms with van der Waals surface area (Å²) in [6.07, 6.45) is 0. The van der Waals surface area contributed by atoms with E-state index in [2.05, 4.69) is 21.9 Å². The fourth-order valence-electron chi connectivity index (χ4n) is 5.12. The zero-order valence-electron chi connectivity index (χ0n) is 22.8. The van der Waals surface area contributed by atoms with Crippen LogP contribution < -0.4 is 9.80 Å². The average Bonchev–Trinajstić information content (AvgIpc) is 3.05. The Morgan fingerprint density at radius 2 is 1.49 bits per heavy atom. The molecule has 1 amide bonds. The van der Waals surface area contributed by atoms with Gasteiger partial charge < -0.3 is 19.4 Å². The van der Waals surface area contributed by atoms with Crippen LogP contribution in [0, 0.1) is 5.82 Å². The van der Waals surface area contributed by atoms with E-state index in [9.17, 15) is 9.18 Å². The van der Waals surface area contributed by atoms with E-state index in [0.717, 1.165) is 35.7 Å². The Balaban J connectivity index is 1.16. The van der Waals surface area contributed by atoms with Crippen LogP contribution in [0.25, 0.3) is 11.3 Å². The first-order chi connectivity index (χ1) is 20.1. The number of ether oxygens (including phenoxy) is 1. The van der Waals surface area contributed by atoms with E-state index in [1.807, 2.05) is 65.6 Å². The van der Waals surface area contributed by atoms with Gasteiger partial charge in [-0.05, 0) is 29.8 Å². The highest BCUT2D eigenvalue weighted by Crippen LogP contribution is 2.29. The van der Waals surface area contributed by atoms with Gasteiger partial charge in [-0.1, -0.05) is 66.4 Å². The molecular weight excluding hydrogens is 537 g/mol. The van der Waals surface area contributed by atoms with Gasteiger partial charge in [0, 0.05) is 62.2 Å². The van der Waals surface area contributed by atoms with Gasteiger partial charge in [0.25, 0.3) is 5.91 Å². The molecule has 3 aromatic carbocycles. The van der Waals surface area contributed by atoms with Crippen LogP contribution in [0.4, 0.5) is 15.9 Å². The smallest absolute Gasteiger partial charge is 0.254 e. The second-order valence-electron chi connectivity index (χ2n) is 10.1. The number of hydrogen-bond donors (Lipinski definition) is 0. The minimum Gasteiger partial charge on any atom is -0.378 e. The summed E-state index contributed by atoms with van der Waals surface area (Å²) < 4.78 is 19.7. The number of amides is 1. The highest BCUT2D eigenvalue weighted by Gasteiger charge is 2.22. The van der Waals surface area contributed by atoms with Crippen molar-refractivity contribution in [3.05, 3.63) is 102 Å². The Morgan fingerprint density at radius 1 is 0.805 bits per heavy atom. The van der Waals surface area contributed by atoms with E-state index in [1.165, 1.54) is 6.07 Å². The quantitative estimate of drug-likeness (QED) is 0.219. The number of rotatable bonds is 7. The Morgan fingerprint density at radius 3 is 2.22 bits per heavy atom. The molecule has 7 nitrogen and oxygen atoms in total. The van der Waals surface area contributed by atoms with Gasteiger partial charge in [-0.25, -0.2) is 14.4 Å². The molecule has 0 aliphatic carbocycles. The third-order valence-electron chi connectivity index (χ3n) is 7.43. The van der Waals surface area contributed by atoms with E-state index in [4.69, 9.17) is 14.7 Å². The Bertz CT molecular complexity index is 1470. The summed E-state index contributed by atoms with van der Waals surface area (Å²) in [5.74, 6) is 1.42. The molecule has 2 fully saturated rings. The maximum atomic E-state index is 14.4. The largest absolute Gasteiger partial charge is 0.378 e. The summed E-state index contributed by atoms with van der Waals surface area (Å²) in [5, 5.41) is 0.700. The summed E-state index contributed by atoms with van der Waals surface area (Å²) in [6.45, 7) is 5.34. The first-order valence-corrected chi connectivity index (χ1v) is 14.9. The van der Waals surface area contributed by atoms with Crippen molar-refractivity contribution < 1.29 is 13.9 Å². The molecule has 41 heavy (non-hydrogen) atoms. The molecule has 0 N–H and O–H groups in total. The number of halogens is 1. The van der Waals surface area contributed by atoms with E-state index in [-0.39, 0.29) is 11.7 Å². The molecule has 4 aromatic rings. The summed E-state index contributed by atoms with van der Waals surface area (Å²) in [4.78, 5) is 28.8. The van der Waals surface area contributed by atoms with E-state index >= 15 is 0 Å². The number of nitrogens with zero attached hydrogens (tertiary/aromatic N) is 5. The van der Waals surface area contributed by atoms with Gasteiger partial charge in [0.2, 0.25) is 0 Å². The lowest BCUT2D eigenvalue weighted by Crippen LogP contribution is -2.47. The Labute approximate surface area is 244 Å². The number of aromatic nitrogens is 2. The van der Waals surface area contributed by atoms with Gasteiger partial charge in [-0.15, -0.1) is 0 Å². The standard InChI is InChI=1S/C32H32FN5O2S/c33-27-8-4-5-9-29(27)36-14-16-37(17-15-36)30-22-28(25-6-2-1-3-7-25)34-32(35-30)41-23-24-10-12-26(13-11-24)31(39)38-18-20-40-21-19-38/h1-13,22H,14-21,23H2. The maximum absolute atomic E-state index is 14.4. The lowest BCUT2D eigenvalue weighted by atomic mass is 10.1. The normalized spacial score (nSPS) is 15.7. The molecule has 3 heterocycles. The number of carbonyl (C=O) groups excluding carboxylic acids is 1. The SMILES string of the molecule is O=C(c1ccc(CSc2nc(-c3ccccc3)cc(N3CCN(c4ccccc4F)CC3)n2)cc1)N1CCOCC1. The van der Waals surface area contributed by atoms with Gasteiger partial charge in [-0.3, -0.25) is 4.79 Å². The fraction of sp³-hybridized carbons (Fsp3) is 0.281. The minimum absolute atomic E-state index is 0.0474. The van der Waals surface area contributed by atoms with Crippen molar-refractivity contribution in [3.63, 3.8) is 0 Å². The molecule has 210 valence electrons. The number of para-hydroxylation sites is 1. The number of benzene rings is 3. The van der Waals surface area contributed by atoms with Crippen molar-refractivity contribution in [2.24, 2.45) is 0 Å². The molecule has 2 aliphatic rings. The molecule has 9 heteroatoms. The van der Waals surface area contributed by atoms with E-state index in [1.54, 1.807) is 17.8 Å². The maximum Gasteiger partial charge on any atom is 0.254 e. The average molecular weight is 570 g/mol. The van der Waals surface area contributed by atoms with Crippen molar-refractivity contribution in [1.29, 1.82) is 0 Å². The monoisotopic (exact) mass is 569 g/mol. The predicted molar refractivity (Wildman–Crippen MR) is 161 cm³/mol. The fourth-order valence-corrected chi connectivity index (χ4v) is 5.93. The van der Waals surface area contributed by atoms with Crippen LogP contribution in [0.1, 0.15) is 15.9 Å². The molecular formula is C32H32FN5O2S. The second-order valence-corrected chi connectivity index (χ2v) is 11.0. The number of morpholine rings is 1. The third kappa shape index (κ3) is 6.52. The molecule has 0 bridgehead atoms. The molecule has 0 atom stereocenters. The molecule has 6 rings (SSSR count). The zero-order chi connectivity index (χ0) is 28.0. The molecule has 0 saturated carbocycles. The number of hydrogen-bond acceptors (Lipinski definition) is 7. The van der Waals surface area contributed by atoms with Crippen LogP contribution in [-0.2, 0) is 10.5 Å². The van der Waals surface area contributed by atoms with Gasteiger partial charge in [0.05, 0.1) is 24.6 Å². The zero-order valence-corrected chi connectivity index (χ0v) is 23.6. The van der Waals surface area contributed by atoms with Crippen LogP contribution in [0.5, 0.6) is 0 Å². The van der Waals surface area contributed by atoms with E-state index in [0.29, 0.717) is 61.6 Å². The molecule has 2 saturated heterocycles. The first kappa shape index (κ1) is 27.2. The Hall–Kier alpha value is -3.95. The summed E-state index contributed by atoms with van der Waals surface area (Å²) in [7, 11) is 0. The summed E-state index contributed by atoms with van der Waals surface area (Å²) in [6, 6.07) is 26.9. The van der Waals surface area contributed by atoms with Gasteiger partial charge >= 0.3 is 0 Å². The van der Waals surface area contributed by atoms with Crippen LogP contribution >= 0.6 is 11.8 Å². The van der Waals surface area contributed by atoms with Crippen molar-refractivity contribution in [2.75, 3.05) is 62.3 Å². The number of carbonyl (C=O) groups is 1. The van der Waals surface area contributed by atoms with Crippen LogP contribution in [0.15, 0.2) is 90.1 Å². The molecule has 1 aromatic heterocycles. The van der Waals surface area contributed by atoms with E-state index < -0.39 is 0 Å². The molecule has 0 unspecified atom stereocenters. The highest BCUT2D eigenvalue weighted by molar-refractivity contribution is 7.98. The van der Waals surface area contributed by atoms with Crippen LogP contribution in [0.2, 0.25) is 0 Å². The predicted octanol–water partition coefficient (Wildman–Crippen LogP) is 5.37. The number of anilines is 2. The van der Waals surface area contributed by atoms with Crippen molar-refractivity contribution in [3.8, 4) is 11.3 Å². The van der Waals surface area contributed by atoms with Crippen molar-refractivity contribution >= 4 is 29.2 Å². The highest BCUT2D eigenvalue weighted by atomic mass is 32.2. The van der Waals surface area contributed by atoms with Crippen molar-refractivity contribution in [2.45, 2.75) is 10.9 Å². The first-order valence-electron chi connectivity index (χ1n) is 13.9. The topological polar surface area (TPSA) is 61.8 Å². The summed E-state index contributed by atoms with van der Waals surface area (Å²) >= 11 is 1.58. The van der Waals surface area contributed by atoms with Gasteiger partial charge in [0.1, 0.15) is 11.6 Å². The third-order valence-corrected chi connectivity index (χ3v) is 8.34. The summed E-state index contributed by atoms with van der Waals surface area (Å²) in [5.41, 5.74) is 4.35. The second kappa shape index (κ2) is 12.7. The number of thioether (sulfide) groups is 1. The van der Waals surface area contributed by atoms with Crippen LogP contribution in [0.3, 0.4) is 0 Å². The van der Waals surface area contributed by atoms with Crippen LogP contribution in [-0.4, -0.2) is 73.3 Å². The lowest BCUT2D eigenvalue weighted by molar-refractivity contribution is 0.0303. The molecule has 2 aliphatic heterocycles. The van der Waals surface area contributed by atoms with Crippen molar-refractivity contribution in [1.82, 2.24) is 14.9 Å². The number of piperazine rings is 1.